The molecule has 0 aliphatic carbocycles. The fourth-order valence-corrected chi connectivity index (χ4v) is 2.92. The normalized spacial score (nSPS) is 12.7. The van der Waals surface area contributed by atoms with E-state index in [1.165, 1.54) is 12.1 Å². The molecule has 6 heteroatoms. The van der Waals surface area contributed by atoms with Gasteiger partial charge in [0.15, 0.2) is 0 Å². The van der Waals surface area contributed by atoms with Crippen LogP contribution in [0.3, 0.4) is 0 Å². The zero-order chi connectivity index (χ0) is 15.6. The summed E-state index contributed by atoms with van der Waals surface area (Å²) in [4.78, 5) is 0. The van der Waals surface area contributed by atoms with E-state index in [9.17, 15) is 4.39 Å². The van der Waals surface area contributed by atoms with Crippen LogP contribution in [0.2, 0.25) is 10.0 Å². The van der Waals surface area contributed by atoms with Gasteiger partial charge in [-0.2, -0.15) is 5.10 Å². The molecule has 1 N–H and O–H groups in total. The number of benzene rings is 1. The first kappa shape index (κ1) is 16.3. The SMILES string of the molecule is CCn1nc(C)c(Cl)c1CC(NC)c1ccc(F)cc1Cl. The van der Waals surface area contributed by atoms with Gasteiger partial charge in [-0.15, -0.1) is 0 Å². The van der Waals surface area contributed by atoms with Gasteiger partial charge in [0.25, 0.3) is 0 Å². The molecule has 0 aliphatic heterocycles. The summed E-state index contributed by atoms with van der Waals surface area (Å²) < 4.78 is 15.1. The van der Waals surface area contributed by atoms with E-state index in [2.05, 4.69) is 10.4 Å². The fourth-order valence-electron chi connectivity index (χ4n) is 2.41. The summed E-state index contributed by atoms with van der Waals surface area (Å²) >= 11 is 12.5. The summed E-state index contributed by atoms with van der Waals surface area (Å²) in [5.74, 6) is -0.342. The van der Waals surface area contributed by atoms with E-state index in [1.54, 1.807) is 6.07 Å². The van der Waals surface area contributed by atoms with Crippen LogP contribution in [0.4, 0.5) is 4.39 Å². The second-order valence-corrected chi connectivity index (χ2v) is 5.66. The van der Waals surface area contributed by atoms with Gasteiger partial charge in [-0.1, -0.05) is 29.3 Å². The minimum absolute atomic E-state index is 0.0583. The molecule has 0 spiro atoms. The molecule has 0 radical (unpaired) electrons. The minimum Gasteiger partial charge on any atom is -0.313 e. The van der Waals surface area contributed by atoms with Crippen molar-refractivity contribution in [1.29, 1.82) is 0 Å². The van der Waals surface area contributed by atoms with Gasteiger partial charge in [-0.05, 0) is 38.6 Å². The predicted molar refractivity (Wildman–Crippen MR) is 84.6 cm³/mol. The van der Waals surface area contributed by atoms with Gasteiger partial charge >= 0.3 is 0 Å². The van der Waals surface area contributed by atoms with Crippen molar-refractivity contribution in [3.05, 3.63) is 51.0 Å². The Labute approximate surface area is 134 Å². The minimum atomic E-state index is -0.342. The second kappa shape index (κ2) is 6.77. The summed E-state index contributed by atoms with van der Waals surface area (Å²) in [6.45, 7) is 4.65. The van der Waals surface area contributed by atoms with Crippen LogP contribution in [0.25, 0.3) is 0 Å². The number of hydrogen-bond donors (Lipinski definition) is 1. The molecule has 0 saturated carbocycles. The molecule has 1 aromatic carbocycles. The number of hydrogen-bond acceptors (Lipinski definition) is 2. The maximum atomic E-state index is 13.2. The molecule has 3 nitrogen and oxygen atoms in total. The van der Waals surface area contributed by atoms with Crippen molar-refractivity contribution in [1.82, 2.24) is 15.1 Å². The molecule has 0 bridgehead atoms. The highest BCUT2D eigenvalue weighted by molar-refractivity contribution is 6.32. The molecular weight excluding hydrogens is 312 g/mol. The highest BCUT2D eigenvalue weighted by Crippen LogP contribution is 2.29. The van der Waals surface area contributed by atoms with E-state index in [4.69, 9.17) is 23.2 Å². The van der Waals surface area contributed by atoms with Crippen LogP contribution in [0.5, 0.6) is 0 Å². The zero-order valence-corrected chi connectivity index (χ0v) is 13.8. The Bertz CT molecular complexity index is 640. The average molecular weight is 330 g/mol. The summed E-state index contributed by atoms with van der Waals surface area (Å²) in [6.07, 6.45) is 0.634. The van der Waals surface area contributed by atoms with Gasteiger partial charge in [0.05, 0.1) is 16.4 Å². The first-order chi connectivity index (χ1) is 9.97. The second-order valence-electron chi connectivity index (χ2n) is 4.87. The number of nitrogens with one attached hydrogen (secondary N) is 1. The third-order valence-corrected chi connectivity index (χ3v) is 4.36. The molecule has 0 saturated heterocycles. The molecule has 2 aromatic rings. The number of rotatable bonds is 5. The van der Waals surface area contributed by atoms with E-state index in [0.29, 0.717) is 16.5 Å². The van der Waals surface area contributed by atoms with E-state index in [-0.39, 0.29) is 11.9 Å². The first-order valence-electron chi connectivity index (χ1n) is 6.81. The Kier molecular flexibility index (Phi) is 5.25. The van der Waals surface area contributed by atoms with Crippen molar-refractivity contribution in [2.45, 2.75) is 32.9 Å². The Balaban J connectivity index is 2.35. The molecule has 0 amide bonds. The van der Waals surface area contributed by atoms with Crippen LogP contribution in [-0.2, 0) is 13.0 Å². The summed E-state index contributed by atoms with van der Waals surface area (Å²) in [6, 6.07) is 4.38. The maximum Gasteiger partial charge on any atom is 0.124 e. The molecular formula is C15H18Cl2FN3. The van der Waals surface area contributed by atoms with Crippen molar-refractivity contribution in [3.63, 3.8) is 0 Å². The van der Waals surface area contributed by atoms with Gasteiger partial charge in [-0.3, -0.25) is 4.68 Å². The number of halogens is 3. The van der Waals surface area contributed by atoms with Gasteiger partial charge in [0.2, 0.25) is 0 Å². The van der Waals surface area contributed by atoms with Crippen molar-refractivity contribution in [2.75, 3.05) is 7.05 Å². The van der Waals surface area contributed by atoms with Gasteiger partial charge in [0.1, 0.15) is 5.82 Å². The molecule has 0 aliphatic rings. The predicted octanol–water partition coefficient (Wildman–Crippen LogP) is 4.16. The van der Waals surface area contributed by atoms with Crippen molar-refractivity contribution in [2.24, 2.45) is 0 Å². The third kappa shape index (κ3) is 3.39. The van der Waals surface area contributed by atoms with Crippen LogP contribution in [0.15, 0.2) is 18.2 Å². The Morgan fingerprint density at radius 2 is 2.10 bits per heavy atom. The largest absolute Gasteiger partial charge is 0.313 e. The van der Waals surface area contributed by atoms with E-state index in [1.807, 2.05) is 25.6 Å². The van der Waals surface area contributed by atoms with Crippen LogP contribution in [0, 0.1) is 12.7 Å². The number of nitrogens with zero attached hydrogens (tertiary/aromatic N) is 2. The first-order valence-corrected chi connectivity index (χ1v) is 7.57. The summed E-state index contributed by atoms with van der Waals surface area (Å²) in [7, 11) is 1.85. The van der Waals surface area contributed by atoms with E-state index < -0.39 is 0 Å². The lowest BCUT2D eigenvalue weighted by Crippen LogP contribution is -2.21. The molecule has 2 rings (SSSR count). The Morgan fingerprint density at radius 1 is 1.38 bits per heavy atom. The summed E-state index contributed by atoms with van der Waals surface area (Å²) in [5.41, 5.74) is 2.61. The van der Waals surface area contributed by atoms with Crippen LogP contribution in [-0.4, -0.2) is 16.8 Å². The Hall–Kier alpha value is -1.10. The molecule has 21 heavy (non-hydrogen) atoms. The van der Waals surface area contributed by atoms with Crippen molar-refractivity contribution in [3.8, 4) is 0 Å². The highest BCUT2D eigenvalue weighted by Gasteiger charge is 2.20. The van der Waals surface area contributed by atoms with Gasteiger partial charge in [-0.25, -0.2) is 4.39 Å². The molecule has 1 heterocycles. The van der Waals surface area contributed by atoms with Crippen LogP contribution >= 0.6 is 23.2 Å². The number of aryl methyl sites for hydroxylation is 2. The topological polar surface area (TPSA) is 29.9 Å². The number of likely N-dealkylation sites (N-methyl/N-ethyl adjacent to an activating group) is 1. The molecule has 1 aromatic heterocycles. The Morgan fingerprint density at radius 3 is 2.67 bits per heavy atom. The van der Waals surface area contributed by atoms with Crippen molar-refractivity contribution < 1.29 is 4.39 Å². The lowest BCUT2D eigenvalue weighted by atomic mass is 10.0. The lowest BCUT2D eigenvalue weighted by Gasteiger charge is -2.19. The lowest BCUT2D eigenvalue weighted by molar-refractivity contribution is 0.539. The molecule has 1 unspecified atom stereocenters. The average Bonchev–Trinajstić information content (AvgIpc) is 2.72. The molecule has 114 valence electrons. The third-order valence-electron chi connectivity index (χ3n) is 3.54. The standard InChI is InChI=1S/C15H18Cl2FN3/c1-4-21-14(15(17)9(2)20-21)8-13(19-3)11-6-5-10(18)7-12(11)16/h5-7,13,19H,4,8H2,1-3H3. The molecule has 1 atom stereocenters. The van der Waals surface area contributed by atoms with Crippen LogP contribution < -0.4 is 5.32 Å². The number of aromatic nitrogens is 2. The van der Waals surface area contributed by atoms with E-state index in [0.717, 1.165) is 23.5 Å². The van der Waals surface area contributed by atoms with Gasteiger partial charge in [0, 0.05) is 24.0 Å². The van der Waals surface area contributed by atoms with Crippen molar-refractivity contribution >= 4 is 23.2 Å². The summed E-state index contributed by atoms with van der Waals surface area (Å²) in [5, 5.41) is 8.70. The highest BCUT2D eigenvalue weighted by atomic mass is 35.5. The van der Waals surface area contributed by atoms with E-state index >= 15 is 0 Å². The fraction of sp³-hybridized carbons (Fsp3) is 0.400. The monoisotopic (exact) mass is 329 g/mol. The maximum absolute atomic E-state index is 13.2. The quantitative estimate of drug-likeness (QED) is 0.892. The zero-order valence-electron chi connectivity index (χ0n) is 12.3. The smallest absolute Gasteiger partial charge is 0.124 e. The van der Waals surface area contributed by atoms with Gasteiger partial charge < -0.3 is 5.32 Å². The molecule has 0 fully saturated rings. The van der Waals surface area contributed by atoms with Crippen LogP contribution in [0.1, 0.15) is 29.9 Å².